The SMILES string of the molecule is CCCCCCC/C=C\C/C=C\CCCCCCCCCCCC(=O)OC(COCCCCCCCCCC)COP(=O)(O)OC1C(O)C(O)C(O)C(O)C1O. The van der Waals surface area contributed by atoms with Crippen molar-refractivity contribution in [1.29, 1.82) is 0 Å². The van der Waals surface area contributed by atoms with Crippen molar-refractivity contribution in [1.82, 2.24) is 0 Å². The molecule has 6 N–H and O–H groups in total. The van der Waals surface area contributed by atoms with Crippen LogP contribution in [0.25, 0.3) is 0 Å². The minimum Gasteiger partial charge on any atom is -0.457 e. The van der Waals surface area contributed by atoms with Crippen molar-refractivity contribution in [3.05, 3.63) is 24.3 Å². The molecule has 56 heavy (non-hydrogen) atoms. The van der Waals surface area contributed by atoms with Crippen molar-refractivity contribution < 1.29 is 58.3 Å². The summed E-state index contributed by atoms with van der Waals surface area (Å²) in [4.78, 5) is 23.1. The first-order chi connectivity index (χ1) is 27.0. The molecule has 1 saturated carbocycles. The molecule has 6 unspecified atom stereocenters. The predicted molar refractivity (Wildman–Crippen MR) is 221 cm³/mol. The van der Waals surface area contributed by atoms with Gasteiger partial charge in [-0.1, -0.05) is 154 Å². The highest BCUT2D eigenvalue weighted by molar-refractivity contribution is 7.47. The average molecular weight is 821 g/mol. The Morgan fingerprint density at radius 2 is 1.00 bits per heavy atom. The molecule has 0 saturated heterocycles. The van der Waals surface area contributed by atoms with Gasteiger partial charge in [0.1, 0.15) is 42.7 Å². The summed E-state index contributed by atoms with van der Waals surface area (Å²) in [7, 11) is -5.01. The fourth-order valence-electron chi connectivity index (χ4n) is 6.74. The Morgan fingerprint density at radius 3 is 1.50 bits per heavy atom. The number of phosphoric acid groups is 1. The topological polar surface area (TPSA) is 192 Å². The van der Waals surface area contributed by atoms with Crippen molar-refractivity contribution in [2.45, 2.75) is 224 Å². The van der Waals surface area contributed by atoms with Gasteiger partial charge >= 0.3 is 13.8 Å². The second kappa shape index (κ2) is 34.7. The molecule has 330 valence electrons. The summed E-state index contributed by atoms with van der Waals surface area (Å²) in [5, 5.41) is 50.0. The molecule has 0 aromatic rings. The number of rotatable bonds is 37. The standard InChI is InChI=1S/C43H81O12P/c1-3-5-7-9-11-13-14-15-16-17-18-19-20-21-22-23-24-25-26-28-30-32-37(44)54-36(34-52-33-31-29-27-12-10-8-6-4-2)35-53-56(50,51)55-43-41(48)39(46)38(45)40(47)42(43)49/h14-15,17-18,36,38-43,45-49H,3-13,16,19-35H2,1-2H3,(H,50,51)/b15-14-,18-17-. The van der Waals surface area contributed by atoms with Gasteiger partial charge in [-0.25, -0.2) is 4.57 Å². The molecule has 1 aliphatic rings. The van der Waals surface area contributed by atoms with Crippen molar-refractivity contribution >= 4 is 13.8 Å². The summed E-state index contributed by atoms with van der Waals surface area (Å²) in [5.74, 6) is -0.482. The number of aliphatic hydroxyl groups is 5. The third kappa shape index (κ3) is 26.7. The Labute approximate surface area is 339 Å². The van der Waals surface area contributed by atoms with Gasteiger partial charge in [-0.15, -0.1) is 0 Å². The summed E-state index contributed by atoms with van der Waals surface area (Å²) < 4.78 is 34.0. The van der Waals surface area contributed by atoms with Gasteiger partial charge in [0.25, 0.3) is 0 Å². The largest absolute Gasteiger partial charge is 0.472 e. The third-order valence-electron chi connectivity index (χ3n) is 10.3. The molecule has 1 fully saturated rings. The van der Waals surface area contributed by atoms with E-state index in [1.54, 1.807) is 0 Å². The van der Waals surface area contributed by atoms with Gasteiger partial charge in [0.05, 0.1) is 13.2 Å². The third-order valence-corrected chi connectivity index (χ3v) is 11.3. The maximum absolute atomic E-state index is 12.8. The van der Waals surface area contributed by atoms with Crippen LogP contribution >= 0.6 is 7.82 Å². The second-order valence-corrected chi connectivity index (χ2v) is 17.0. The van der Waals surface area contributed by atoms with Gasteiger partial charge in [0, 0.05) is 13.0 Å². The monoisotopic (exact) mass is 821 g/mol. The van der Waals surface area contributed by atoms with Crippen LogP contribution in [-0.4, -0.2) is 98.9 Å². The molecule has 6 atom stereocenters. The van der Waals surface area contributed by atoms with Crippen LogP contribution in [0, 0.1) is 0 Å². The molecule has 0 aromatic heterocycles. The first-order valence-corrected chi connectivity index (χ1v) is 23.7. The molecule has 0 radical (unpaired) electrons. The van der Waals surface area contributed by atoms with Gasteiger partial charge in [-0.2, -0.15) is 0 Å². The van der Waals surface area contributed by atoms with E-state index in [1.165, 1.54) is 103 Å². The minimum atomic E-state index is -5.01. The number of phosphoric ester groups is 1. The number of hydrogen-bond acceptors (Lipinski definition) is 11. The number of carbonyl (C=O) groups is 1. The van der Waals surface area contributed by atoms with Crippen molar-refractivity contribution in [3.8, 4) is 0 Å². The van der Waals surface area contributed by atoms with Crippen LogP contribution in [0.5, 0.6) is 0 Å². The van der Waals surface area contributed by atoms with Crippen LogP contribution in [-0.2, 0) is 27.9 Å². The number of aliphatic hydroxyl groups excluding tert-OH is 5. The first-order valence-electron chi connectivity index (χ1n) is 22.2. The van der Waals surface area contributed by atoms with E-state index in [1.807, 2.05) is 0 Å². The maximum Gasteiger partial charge on any atom is 0.472 e. The van der Waals surface area contributed by atoms with Crippen LogP contribution in [0.15, 0.2) is 24.3 Å². The van der Waals surface area contributed by atoms with E-state index >= 15 is 0 Å². The molecule has 12 nitrogen and oxygen atoms in total. The van der Waals surface area contributed by atoms with E-state index < -0.39 is 63.1 Å². The lowest BCUT2D eigenvalue weighted by molar-refractivity contribution is -0.220. The molecule has 0 aromatic carbocycles. The molecule has 13 heteroatoms. The fraction of sp³-hybridized carbons (Fsp3) is 0.884. The van der Waals surface area contributed by atoms with Gasteiger partial charge in [-0.3, -0.25) is 13.8 Å². The summed E-state index contributed by atoms with van der Waals surface area (Å²) in [6, 6.07) is 0. The summed E-state index contributed by atoms with van der Waals surface area (Å²) in [5.41, 5.74) is 0. The highest BCUT2D eigenvalue weighted by atomic mass is 31.2. The summed E-state index contributed by atoms with van der Waals surface area (Å²) in [6.07, 6.45) is 25.5. The van der Waals surface area contributed by atoms with Gasteiger partial charge in [0.15, 0.2) is 0 Å². The first kappa shape index (κ1) is 52.8. The molecular weight excluding hydrogens is 739 g/mol. The van der Waals surface area contributed by atoms with E-state index in [-0.39, 0.29) is 13.0 Å². The van der Waals surface area contributed by atoms with Gasteiger partial charge in [0.2, 0.25) is 0 Å². The number of allylic oxidation sites excluding steroid dienone is 4. The fourth-order valence-corrected chi connectivity index (χ4v) is 7.71. The Bertz CT molecular complexity index is 1030. The zero-order valence-corrected chi connectivity index (χ0v) is 35.8. The van der Waals surface area contributed by atoms with Crippen LogP contribution in [0.4, 0.5) is 0 Å². The average Bonchev–Trinajstić information content (AvgIpc) is 3.18. The van der Waals surface area contributed by atoms with E-state index in [0.717, 1.165) is 51.4 Å². The zero-order valence-electron chi connectivity index (χ0n) is 34.9. The quantitative estimate of drug-likeness (QED) is 0.0152. The molecule has 0 aliphatic heterocycles. The lowest BCUT2D eigenvalue weighted by Gasteiger charge is -2.41. The smallest absolute Gasteiger partial charge is 0.457 e. The molecule has 0 spiro atoms. The number of carbonyl (C=O) groups excluding carboxylic acids is 1. The molecule has 0 bridgehead atoms. The lowest BCUT2D eigenvalue weighted by atomic mass is 9.85. The predicted octanol–water partition coefficient (Wildman–Crippen LogP) is 8.53. The van der Waals surface area contributed by atoms with E-state index in [2.05, 4.69) is 38.2 Å². The number of hydrogen-bond donors (Lipinski definition) is 6. The zero-order chi connectivity index (χ0) is 41.3. The normalized spacial score (nSPS) is 23.2. The van der Waals surface area contributed by atoms with Crippen molar-refractivity contribution in [2.75, 3.05) is 19.8 Å². The van der Waals surface area contributed by atoms with Crippen LogP contribution in [0.2, 0.25) is 0 Å². The second-order valence-electron chi connectivity index (χ2n) is 15.6. The Kier molecular flexibility index (Phi) is 32.7. The number of ether oxygens (including phenoxy) is 2. The van der Waals surface area contributed by atoms with Crippen LogP contribution in [0.1, 0.15) is 181 Å². The highest BCUT2D eigenvalue weighted by Gasteiger charge is 2.51. The van der Waals surface area contributed by atoms with E-state index in [4.69, 9.17) is 18.5 Å². The molecular formula is C43H81O12P. The Hall–Kier alpha value is -1.18. The minimum absolute atomic E-state index is 0.0759. The summed E-state index contributed by atoms with van der Waals surface area (Å²) in [6.45, 7) is 4.21. The van der Waals surface area contributed by atoms with Gasteiger partial charge in [-0.05, 0) is 44.9 Å². The van der Waals surface area contributed by atoms with Crippen LogP contribution < -0.4 is 0 Å². The molecule has 0 amide bonds. The van der Waals surface area contributed by atoms with Crippen molar-refractivity contribution in [2.24, 2.45) is 0 Å². The Balaban J connectivity index is 2.33. The van der Waals surface area contributed by atoms with Crippen molar-refractivity contribution in [3.63, 3.8) is 0 Å². The summed E-state index contributed by atoms with van der Waals surface area (Å²) >= 11 is 0. The van der Waals surface area contributed by atoms with Gasteiger partial charge < -0.3 is 39.9 Å². The molecule has 1 aliphatic carbocycles. The molecule has 0 heterocycles. The van der Waals surface area contributed by atoms with E-state index in [9.17, 15) is 39.8 Å². The molecule has 1 rings (SSSR count). The highest BCUT2D eigenvalue weighted by Crippen LogP contribution is 2.47. The lowest BCUT2D eigenvalue weighted by Crippen LogP contribution is -2.64. The maximum atomic E-state index is 12.8. The number of esters is 1. The van der Waals surface area contributed by atoms with Crippen LogP contribution in [0.3, 0.4) is 0 Å². The number of unbranched alkanes of at least 4 members (excludes halogenated alkanes) is 21. The Morgan fingerprint density at radius 1 is 0.571 bits per heavy atom. The van der Waals surface area contributed by atoms with E-state index in [0.29, 0.717) is 13.0 Å².